The molecule has 4 nitrogen and oxygen atoms in total. The van der Waals surface area contributed by atoms with Crippen molar-refractivity contribution in [2.45, 2.75) is 13.8 Å². The van der Waals surface area contributed by atoms with Crippen LogP contribution in [0.2, 0.25) is 0 Å². The molecule has 0 aliphatic carbocycles. The van der Waals surface area contributed by atoms with Gasteiger partial charge in [-0.3, -0.25) is 0 Å². The van der Waals surface area contributed by atoms with Crippen LogP contribution in [-0.4, -0.2) is 12.6 Å². The van der Waals surface area contributed by atoms with Crippen LogP contribution in [0.15, 0.2) is 45.6 Å². The molecular weight excluding hydrogens is 244 g/mol. The van der Waals surface area contributed by atoms with Crippen LogP contribution in [0.25, 0.3) is 11.1 Å². The van der Waals surface area contributed by atoms with Crippen LogP contribution in [0.3, 0.4) is 0 Å². The average Bonchev–Trinajstić information content (AvgIpc) is 2.39. The molecule has 19 heavy (non-hydrogen) atoms. The van der Waals surface area contributed by atoms with E-state index < -0.39 is 11.6 Å². The van der Waals surface area contributed by atoms with E-state index in [-0.39, 0.29) is 12.4 Å². The van der Waals surface area contributed by atoms with Crippen molar-refractivity contribution >= 4 is 5.97 Å². The Bertz CT molecular complexity index is 641. The van der Waals surface area contributed by atoms with E-state index in [4.69, 9.17) is 9.15 Å². The summed E-state index contributed by atoms with van der Waals surface area (Å²) in [7, 11) is 0. The van der Waals surface area contributed by atoms with Crippen LogP contribution in [0.1, 0.15) is 23.0 Å². The van der Waals surface area contributed by atoms with Gasteiger partial charge in [0.25, 0.3) is 0 Å². The first-order valence-electron chi connectivity index (χ1n) is 6.00. The summed E-state index contributed by atoms with van der Waals surface area (Å²) in [6.45, 7) is 3.70. The van der Waals surface area contributed by atoms with Gasteiger partial charge < -0.3 is 9.15 Å². The molecule has 0 aliphatic rings. The van der Waals surface area contributed by atoms with E-state index in [0.29, 0.717) is 11.1 Å². The van der Waals surface area contributed by atoms with Gasteiger partial charge in [0.2, 0.25) is 5.76 Å². The van der Waals surface area contributed by atoms with Crippen molar-refractivity contribution < 1.29 is 13.9 Å². The molecule has 1 heterocycles. The maximum absolute atomic E-state index is 11.9. The molecule has 1 aromatic heterocycles. The third-order valence-electron chi connectivity index (χ3n) is 2.68. The van der Waals surface area contributed by atoms with Crippen LogP contribution < -0.4 is 5.63 Å². The molecule has 0 bridgehead atoms. The molecule has 1 aromatic carbocycles. The summed E-state index contributed by atoms with van der Waals surface area (Å²) in [5.41, 5.74) is 1.54. The molecular formula is C15H14O4. The Morgan fingerprint density at radius 3 is 2.58 bits per heavy atom. The SMILES string of the molecule is CCOC(=O)c1oc(=O)cc(C)c1-c1ccccc1. The van der Waals surface area contributed by atoms with Crippen LogP contribution in [0, 0.1) is 6.92 Å². The van der Waals surface area contributed by atoms with Gasteiger partial charge in [-0.2, -0.15) is 0 Å². The topological polar surface area (TPSA) is 56.5 Å². The zero-order valence-electron chi connectivity index (χ0n) is 10.8. The monoisotopic (exact) mass is 258 g/mol. The molecule has 0 atom stereocenters. The van der Waals surface area contributed by atoms with Gasteiger partial charge in [0, 0.05) is 11.6 Å². The van der Waals surface area contributed by atoms with Crippen LogP contribution >= 0.6 is 0 Å². The van der Waals surface area contributed by atoms with Gasteiger partial charge in [-0.1, -0.05) is 30.3 Å². The number of esters is 1. The Hall–Kier alpha value is -2.36. The predicted molar refractivity (Wildman–Crippen MR) is 71.1 cm³/mol. The molecule has 0 aliphatic heterocycles. The highest BCUT2D eigenvalue weighted by Crippen LogP contribution is 2.26. The maximum Gasteiger partial charge on any atom is 0.375 e. The van der Waals surface area contributed by atoms with Crippen molar-refractivity contribution in [2.75, 3.05) is 6.61 Å². The lowest BCUT2D eigenvalue weighted by molar-refractivity contribution is 0.0486. The fraction of sp³-hybridized carbons (Fsp3) is 0.200. The first-order valence-corrected chi connectivity index (χ1v) is 6.00. The van der Waals surface area contributed by atoms with Gasteiger partial charge in [-0.25, -0.2) is 9.59 Å². The Labute approximate surface area is 110 Å². The number of hydrogen-bond donors (Lipinski definition) is 0. The van der Waals surface area contributed by atoms with Crippen LogP contribution in [-0.2, 0) is 4.74 Å². The quantitative estimate of drug-likeness (QED) is 0.794. The van der Waals surface area contributed by atoms with Gasteiger partial charge in [-0.05, 0) is 25.0 Å². The van der Waals surface area contributed by atoms with E-state index in [1.807, 2.05) is 30.3 Å². The molecule has 0 saturated carbocycles. The van der Waals surface area contributed by atoms with E-state index in [1.54, 1.807) is 13.8 Å². The second kappa shape index (κ2) is 5.52. The van der Waals surface area contributed by atoms with Crippen LogP contribution in [0.5, 0.6) is 0 Å². The molecule has 0 N–H and O–H groups in total. The first kappa shape index (κ1) is 13.1. The molecule has 4 heteroatoms. The van der Waals surface area contributed by atoms with E-state index in [1.165, 1.54) is 6.07 Å². The molecule has 2 rings (SSSR count). The second-order valence-corrected chi connectivity index (χ2v) is 4.04. The van der Waals surface area contributed by atoms with Crippen LogP contribution in [0.4, 0.5) is 0 Å². The fourth-order valence-corrected chi connectivity index (χ4v) is 1.91. The number of aryl methyl sites for hydroxylation is 1. The van der Waals surface area contributed by atoms with Gasteiger partial charge in [0.15, 0.2) is 0 Å². The number of rotatable bonds is 3. The van der Waals surface area contributed by atoms with E-state index in [0.717, 1.165) is 5.56 Å². The zero-order chi connectivity index (χ0) is 13.8. The third kappa shape index (κ3) is 2.73. The van der Waals surface area contributed by atoms with Crippen molar-refractivity contribution in [3.05, 3.63) is 58.1 Å². The number of benzene rings is 1. The smallest absolute Gasteiger partial charge is 0.375 e. The minimum Gasteiger partial charge on any atom is -0.460 e. The molecule has 98 valence electrons. The lowest BCUT2D eigenvalue weighted by atomic mass is 10.0. The van der Waals surface area contributed by atoms with Crippen molar-refractivity contribution in [1.82, 2.24) is 0 Å². The lowest BCUT2D eigenvalue weighted by Gasteiger charge is -2.10. The van der Waals surface area contributed by atoms with Crippen molar-refractivity contribution in [3.63, 3.8) is 0 Å². The molecule has 0 amide bonds. The van der Waals surface area contributed by atoms with Crippen molar-refractivity contribution in [2.24, 2.45) is 0 Å². The lowest BCUT2D eigenvalue weighted by Crippen LogP contribution is -2.12. The van der Waals surface area contributed by atoms with Gasteiger partial charge in [0.05, 0.1) is 6.61 Å². The Balaban J connectivity index is 2.65. The standard InChI is InChI=1S/C15H14O4/c1-3-18-15(17)14-13(10(2)9-12(16)19-14)11-7-5-4-6-8-11/h4-9H,3H2,1-2H3. The van der Waals surface area contributed by atoms with Gasteiger partial charge >= 0.3 is 11.6 Å². The summed E-state index contributed by atoms with van der Waals surface area (Å²) in [6.07, 6.45) is 0. The summed E-state index contributed by atoms with van der Waals surface area (Å²) in [6, 6.07) is 10.7. The number of carbonyl (C=O) groups excluding carboxylic acids is 1. The minimum absolute atomic E-state index is 0.0435. The number of carbonyl (C=O) groups is 1. The van der Waals surface area contributed by atoms with Gasteiger partial charge in [0.1, 0.15) is 0 Å². The summed E-state index contributed by atoms with van der Waals surface area (Å²) in [4.78, 5) is 23.3. The Morgan fingerprint density at radius 2 is 1.95 bits per heavy atom. The molecule has 0 saturated heterocycles. The van der Waals surface area contributed by atoms with E-state index in [9.17, 15) is 9.59 Å². The summed E-state index contributed by atoms with van der Waals surface area (Å²) < 4.78 is 9.96. The molecule has 0 spiro atoms. The summed E-state index contributed by atoms with van der Waals surface area (Å²) in [5, 5.41) is 0. The van der Waals surface area contributed by atoms with Crippen molar-refractivity contribution in [3.8, 4) is 11.1 Å². The van der Waals surface area contributed by atoms with E-state index in [2.05, 4.69) is 0 Å². The highest BCUT2D eigenvalue weighted by molar-refractivity contribution is 5.95. The minimum atomic E-state index is -0.623. The number of ether oxygens (including phenoxy) is 1. The first-order chi connectivity index (χ1) is 9.13. The highest BCUT2D eigenvalue weighted by Gasteiger charge is 2.20. The van der Waals surface area contributed by atoms with Crippen molar-refractivity contribution in [1.29, 1.82) is 0 Å². The Kier molecular flexibility index (Phi) is 3.80. The summed E-state index contributed by atoms with van der Waals surface area (Å²) >= 11 is 0. The zero-order valence-corrected chi connectivity index (χ0v) is 10.8. The average molecular weight is 258 g/mol. The molecule has 2 aromatic rings. The molecule has 0 fully saturated rings. The highest BCUT2D eigenvalue weighted by atomic mass is 16.5. The maximum atomic E-state index is 11.9. The van der Waals surface area contributed by atoms with E-state index >= 15 is 0 Å². The number of hydrogen-bond acceptors (Lipinski definition) is 4. The molecule has 0 radical (unpaired) electrons. The molecule has 0 unspecified atom stereocenters. The largest absolute Gasteiger partial charge is 0.460 e. The second-order valence-electron chi connectivity index (χ2n) is 4.04. The predicted octanol–water partition coefficient (Wildman–Crippen LogP) is 2.79. The Morgan fingerprint density at radius 1 is 1.26 bits per heavy atom. The summed E-state index contributed by atoms with van der Waals surface area (Å²) in [5.74, 6) is -0.666. The van der Waals surface area contributed by atoms with Gasteiger partial charge in [-0.15, -0.1) is 0 Å². The normalized spacial score (nSPS) is 10.2. The third-order valence-corrected chi connectivity index (χ3v) is 2.68. The fourth-order valence-electron chi connectivity index (χ4n) is 1.91.